The van der Waals surface area contributed by atoms with Crippen molar-refractivity contribution in [3.63, 3.8) is 0 Å². The molecule has 0 heterocycles. The molecule has 1 aromatic rings. The minimum atomic E-state index is -3.10. The molecule has 1 amide bonds. The number of anilines is 1. The van der Waals surface area contributed by atoms with E-state index in [4.69, 9.17) is 5.11 Å². The van der Waals surface area contributed by atoms with Crippen molar-refractivity contribution in [3.8, 4) is 0 Å². The summed E-state index contributed by atoms with van der Waals surface area (Å²) in [7, 11) is -3.10. The number of carboxylic acid groups (broad SMARTS) is 1. The van der Waals surface area contributed by atoms with Gasteiger partial charge in [0.15, 0.2) is 9.84 Å². The number of carboxylic acids is 1. The van der Waals surface area contributed by atoms with Gasteiger partial charge in [0.05, 0.1) is 5.75 Å². The van der Waals surface area contributed by atoms with E-state index in [1.165, 1.54) is 0 Å². The van der Waals surface area contributed by atoms with Crippen LogP contribution >= 0.6 is 0 Å². The fourth-order valence-corrected chi connectivity index (χ4v) is 2.70. The van der Waals surface area contributed by atoms with Crippen LogP contribution in [0.25, 0.3) is 0 Å². The highest BCUT2D eigenvalue weighted by Gasteiger charge is 2.57. The molecule has 0 spiro atoms. The lowest BCUT2D eigenvalue weighted by molar-refractivity contribution is -0.147. The van der Waals surface area contributed by atoms with Crippen LogP contribution in [0.1, 0.15) is 18.4 Å². The highest BCUT2D eigenvalue weighted by atomic mass is 32.2. The van der Waals surface area contributed by atoms with Gasteiger partial charge in [-0.25, -0.2) is 8.42 Å². The van der Waals surface area contributed by atoms with Crippen molar-refractivity contribution in [1.82, 2.24) is 0 Å². The molecule has 1 aromatic carbocycles. The van der Waals surface area contributed by atoms with Gasteiger partial charge in [0.2, 0.25) is 5.91 Å². The second-order valence-electron chi connectivity index (χ2n) is 5.11. The first-order valence-corrected chi connectivity index (χ1v) is 8.10. The van der Waals surface area contributed by atoms with Crippen molar-refractivity contribution in [2.45, 2.75) is 18.6 Å². The molecule has 1 aliphatic rings. The van der Waals surface area contributed by atoms with Gasteiger partial charge >= 0.3 is 5.97 Å². The molecule has 108 valence electrons. The van der Waals surface area contributed by atoms with Crippen molar-refractivity contribution < 1.29 is 23.1 Å². The molecule has 0 unspecified atom stereocenters. The van der Waals surface area contributed by atoms with Gasteiger partial charge in [-0.2, -0.15) is 0 Å². The number of benzene rings is 1. The normalized spacial score (nSPS) is 16.4. The van der Waals surface area contributed by atoms with Gasteiger partial charge in [0.1, 0.15) is 5.41 Å². The molecule has 0 saturated heterocycles. The van der Waals surface area contributed by atoms with E-state index in [0.29, 0.717) is 24.1 Å². The number of nitrogens with one attached hydrogen (secondary N) is 1. The smallest absolute Gasteiger partial charge is 0.319 e. The number of rotatable bonds is 5. The van der Waals surface area contributed by atoms with Crippen LogP contribution in [0.5, 0.6) is 0 Å². The Labute approximate surface area is 116 Å². The summed E-state index contributed by atoms with van der Waals surface area (Å²) < 4.78 is 22.3. The van der Waals surface area contributed by atoms with Crippen LogP contribution in [0.15, 0.2) is 24.3 Å². The molecule has 2 rings (SSSR count). The second-order valence-corrected chi connectivity index (χ2v) is 7.25. The molecule has 20 heavy (non-hydrogen) atoms. The van der Waals surface area contributed by atoms with Crippen LogP contribution in [-0.4, -0.2) is 31.7 Å². The summed E-state index contributed by atoms with van der Waals surface area (Å²) in [6.45, 7) is 0. The number of aliphatic carboxylic acids is 1. The van der Waals surface area contributed by atoms with Crippen molar-refractivity contribution in [2.75, 3.05) is 11.6 Å². The van der Waals surface area contributed by atoms with E-state index in [0.717, 1.165) is 6.26 Å². The predicted molar refractivity (Wildman–Crippen MR) is 72.9 cm³/mol. The lowest BCUT2D eigenvalue weighted by Crippen LogP contribution is -2.31. The number of carbonyl (C=O) groups excluding carboxylic acids is 1. The van der Waals surface area contributed by atoms with E-state index in [1.54, 1.807) is 24.3 Å². The largest absolute Gasteiger partial charge is 0.480 e. The summed E-state index contributed by atoms with van der Waals surface area (Å²) in [6, 6.07) is 6.32. The molecule has 0 bridgehead atoms. The number of hydrogen-bond acceptors (Lipinski definition) is 4. The summed E-state index contributed by atoms with van der Waals surface area (Å²) in [6.07, 6.45) is 1.84. The van der Waals surface area contributed by atoms with E-state index >= 15 is 0 Å². The topological polar surface area (TPSA) is 101 Å². The zero-order valence-electron chi connectivity index (χ0n) is 10.9. The summed E-state index contributed by atoms with van der Waals surface area (Å²) >= 11 is 0. The number of amides is 1. The molecule has 7 heteroatoms. The third kappa shape index (κ3) is 3.16. The molecule has 0 radical (unpaired) electrons. The van der Waals surface area contributed by atoms with Gasteiger partial charge in [0.25, 0.3) is 0 Å². The highest BCUT2D eigenvalue weighted by molar-refractivity contribution is 7.89. The second kappa shape index (κ2) is 4.90. The zero-order valence-corrected chi connectivity index (χ0v) is 11.7. The molecular formula is C13H15NO5S. The van der Waals surface area contributed by atoms with Crippen molar-refractivity contribution in [3.05, 3.63) is 29.8 Å². The highest BCUT2D eigenvalue weighted by Crippen LogP contribution is 2.46. The molecule has 1 saturated carbocycles. The number of carbonyl (C=O) groups is 2. The van der Waals surface area contributed by atoms with Crippen LogP contribution in [-0.2, 0) is 25.2 Å². The maximum absolute atomic E-state index is 11.9. The van der Waals surface area contributed by atoms with Crippen LogP contribution in [0.4, 0.5) is 5.69 Å². The van der Waals surface area contributed by atoms with E-state index < -0.39 is 27.1 Å². The molecule has 1 aliphatic carbocycles. The maximum atomic E-state index is 11.9. The Morgan fingerprint density at radius 3 is 2.20 bits per heavy atom. The quantitative estimate of drug-likeness (QED) is 0.791. The van der Waals surface area contributed by atoms with Crippen molar-refractivity contribution in [1.29, 1.82) is 0 Å². The van der Waals surface area contributed by atoms with Crippen LogP contribution in [0.2, 0.25) is 0 Å². The molecule has 1 fully saturated rings. The Bertz CT molecular complexity index is 644. The molecule has 2 N–H and O–H groups in total. The van der Waals surface area contributed by atoms with E-state index in [2.05, 4.69) is 5.32 Å². The molecule has 0 aliphatic heterocycles. The van der Waals surface area contributed by atoms with Crippen LogP contribution in [0, 0.1) is 5.41 Å². The summed E-state index contributed by atoms with van der Waals surface area (Å²) in [5.41, 5.74) is -0.213. The fraction of sp³-hybridized carbons (Fsp3) is 0.385. The monoisotopic (exact) mass is 297 g/mol. The van der Waals surface area contributed by atoms with E-state index in [9.17, 15) is 18.0 Å². The Hall–Kier alpha value is -1.89. The zero-order chi connectivity index (χ0) is 15.0. The van der Waals surface area contributed by atoms with Gasteiger partial charge in [-0.3, -0.25) is 9.59 Å². The standard InChI is InChI=1S/C13H15NO5S/c1-20(18,19)8-9-2-4-10(5-3-9)14-11(15)13(6-7-13)12(16)17/h2-5H,6-8H2,1H3,(H,14,15)(H,16,17). The van der Waals surface area contributed by atoms with Crippen LogP contribution < -0.4 is 5.32 Å². The SMILES string of the molecule is CS(=O)(=O)Cc1ccc(NC(=O)C2(C(=O)O)CC2)cc1. The Balaban J connectivity index is 2.05. The molecule has 0 atom stereocenters. The van der Waals surface area contributed by atoms with Gasteiger partial charge in [-0.15, -0.1) is 0 Å². The van der Waals surface area contributed by atoms with Gasteiger partial charge < -0.3 is 10.4 Å². The first-order chi connectivity index (χ1) is 9.23. The van der Waals surface area contributed by atoms with Gasteiger partial charge in [0, 0.05) is 11.9 Å². The number of hydrogen-bond donors (Lipinski definition) is 2. The average molecular weight is 297 g/mol. The van der Waals surface area contributed by atoms with Gasteiger partial charge in [-0.1, -0.05) is 12.1 Å². The lowest BCUT2D eigenvalue weighted by Gasteiger charge is -2.11. The minimum absolute atomic E-state index is 0.0692. The molecule has 6 nitrogen and oxygen atoms in total. The van der Waals surface area contributed by atoms with E-state index in [-0.39, 0.29) is 5.75 Å². The maximum Gasteiger partial charge on any atom is 0.319 e. The van der Waals surface area contributed by atoms with Crippen LogP contribution in [0.3, 0.4) is 0 Å². The third-order valence-electron chi connectivity index (χ3n) is 3.23. The molecule has 0 aromatic heterocycles. The Kier molecular flexibility index (Phi) is 3.56. The molecular weight excluding hydrogens is 282 g/mol. The first-order valence-electron chi connectivity index (χ1n) is 6.04. The predicted octanol–water partition coefficient (Wildman–Crippen LogP) is 1.03. The Morgan fingerprint density at radius 2 is 1.80 bits per heavy atom. The number of sulfone groups is 1. The lowest BCUT2D eigenvalue weighted by atomic mass is 10.1. The average Bonchev–Trinajstić information content (AvgIpc) is 3.11. The summed E-state index contributed by atoms with van der Waals surface area (Å²) in [5.74, 6) is -1.70. The van der Waals surface area contributed by atoms with Crippen molar-refractivity contribution in [2.24, 2.45) is 5.41 Å². The minimum Gasteiger partial charge on any atom is -0.480 e. The third-order valence-corrected chi connectivity index (χ3v) is 4.09. The Morgan fingerprint density at radius 1 is 1.25 bits per heavy atom. The first kappa shape index (κ1) is 14.5. The summed E-state index contributed by atoms with van der Waals surface area (Å²) in [5, 5.41) is 11.5. The van der Waals surface area contributed by atoms with Crippen molar-refractivity contribution >= 4 is 27.4 Å². The van der Waals surface area contributed by atoms with E-state index in [1.807, 2.05) is 0 Å². The summed E-state index contributed by atoms with van der Waals surface area (Å²) in [4.78, 5) is 22.9. The van der Waals surface area contributed by atoms with Gasteiger partial charge in [-0.05, 0) is 30.5 Å². The fourth-order valence-electron chi connectivity index (χ4n) is 1.90.